The minimum atomic E-state index is -4.89. The van der Waals surface area contributed by atoms with Gasteiger partial charge in [-0.3, -0.25) is 0 Å². The topological polar surface area (TPSA) is 0 Å². The van der Waals surface area contributed by atoms with E-state index >= 15 is 0 Å². The van der Waals surface area contributed by atoms with Crippen molar-refractivity contribution in [2.75, 3.05) is 0 Å². The second-order valence-electron chi connectivity index (χ2n) is 14.7. The van der Waals surface area contributed by atoms with Crippen molar-refractivity contribution in [3.63, 3.8) is 0 Å². The molecule has 0 radical (unpaired) electrons. The van der Waals surface area contributed by atoms with Crippen LogP contribution in [0.3, 0.4) is 0 Å². The zero-order valence-electron chi connectivity index (χ0n) is 26.0. The SMILES string of the molecule is CC(C)(C)P(Cc1cc(CP(C(C)(C)C)C(C)(C)C)cc(-c2cc(C(F)(F)F)cc(C(F)(F)F)c2)c1)C(C)(C)C. The van der Waals surface area contributed by atoms with Gasteiger partial charge in [-0.25, -0.2) is 0 Å². The average Bonchev–Trinajstić information content (AvgIpc) is 2.71. The van der Waals surface area contributed by atoms with Crippen LogP contribution >= 0.6 is 15.8 Å². The molecule has 0 heterocycles. The van der Waals surface area contributed by atoms with Crippen molar-refractivity contribution < 1.29 is 26.3 Å². The average molecular weight is 607 g/mol. The van der Waals surface area contributed by atoms with Gasteiger partial charge in [-0.1, -0.05) is 117 Å². The molecule has 2 aromatic rings. The Labute approximate surface area is 240 Å². The van der Waals surface area contributed by atoms with Gasteiger partial charge in [0.05, 0.1) is 11.1 Å². The maximum Gasteiger partial charge on any atom is 0.416 e. The highest BCUT2D eigenvalue weighted by Crippen LogP contribution is 2.63. The zero-order chi connectivity index (χ0) is 31.3. The molecule has 0 aliphatic heterocycles. The summed E-state index contributed by atoms with van der Waals surface area (Å²) < 4.78 is 82.3. The van der Waals surface area contributed by atoms with Crippen LogP contribution in [0.2, 0.25) is 0 Å². The summed E-state index contributed by atoms with van der Waals surface area (Å²) in [6.07, 6.45) is -8.32. The molecule has 0 fully saturated rings. The molecular formula is C32H46F6P2. The molecule has 0 saturated carbocycles. The molecule has 0 bridgehead atoms. The minimum absolute atomic E-state index is 0.00679. The van der Waals surface area contributed by atoms with Crippen LogP contribution in [-0.2, 0) is 24.7 Å². The summed E-state index contributed by atoms with van der Waals surface area (Å²) >= 11 is 0. The fourth-order valence-electron chi connectivity index (χ4n) is 5.56. The van der Waals surface area contributed by atoms with Gasteiger partial charge in [0, 0.05) is 0 Å². The molecule has 2 rings (SSSR count). The lowest BCUT2D eigenvalue weighted by Gasteiger charge is -2.42. The van der Waals surface area contributed by atoms with Gasteiger partial charge >= 0.3 is 12.4 Å². The first-order valence-corrected chi connectivity index (χ1v) is 16.6. The van der Waals surface area contributed by atoms with Crippen molar-refractivity contribution in [1.29, 1.82) is 0 Å². The summed E-state index contributed by atoms with van der Waals surface area (Å²) in [5.41, 5.74) is -0.305. The highest BCUT2D eigenvalue weighted by molar-refractivity contribution is 7.60. The first-order valence-electron chi connectivity index (χ1n) is 13.6. The predicted octanol–water partition coefficient (Wildman–Crippen LogP) is 12.5. The molecule has 0 saturated heterocycles. The van der Waals surface area contributed by atoms with Gasteiger partial charge < -0.3 is 0 Å². The van der Waals surface area contributed by atoms with E-state index in [0.717, 1.165) is 35.6 Å². The molecule has 40 heavy (non-hydrogen) atoms. The van der Waals surface area contributed by atoms with Crippen LogP contribution in [0.1, 0.15) is 105 Å². The second kappa shape index (κ2) is 11.5. The Kier molecular flexibility index (Phi) is 10.1. The van der Waals surface area contributed by atoms with Crippen LogP contribution in [0.5, 0.6) is 0 Å². The van der Waals surface area contributed by atoms with Crippen LogP contribution in [0.25, 0.3) is 11.1 Å². The summed E-state index contributed by atoms with van der Waals surface area (Å²) in [6, 6.07) is 7.66. The Bertz CT molecular complexity index is 1050. The Hall–Kier alpha value is -1.12. The van der Waals surface area contributed by atoms with Crippen molar-refractivity contribution >= 4 is 15.8 Å². The Morgan fingerprint density at radius 1 is 0.425 bits per heavy atom. The number of hydrogen-bond donors (Lipinski definition) is 0. The molecule has 0 N–H and O–H groups in total. The molecule has 0 aromatic heterocycles. The van der Waals surface area contributed by atoms with Crippen LogP contribution in [0, 0.1) is 0 Å². The lowest BCUT2D eigenvalue weighted by atomic mass is 9.96. The monoisotopic (exact) mass is 606 g/mol. The smallest absolute Gasteiger partial charge is 0.166 e. The van der Waals surface area contributed by atoms with E-state index in [2.05, 4.69) is 89.2 Å². The molecule has 0 nitrogen and oxygen atoms in total. The van der Waals surface area contributed by atoms with Gasteiger partial charge in [-0.2, -0.15) is 26.3 Å². The quantitative estimate of drug-likeness (QED) is 0.235. The molecule has 0 aliphatic rings. The number of benzene rings is 2. The van der Waals surface area contributed by atoms with Gasteiger partial charge in [-0.15, -0.1) is 0 Å². The summed E-state index contributed by atoms with van der Waals surface area (Å²) in [5.74, 6) is 0. The second-order valence-corrected chi connectivity index (χ2v) is 22.4. The maximum atomic E-state index is 13.7. The summed E-state index contributed by atoms with van der Waals surface area (Å²) in [6.45, 7) is 26.4. The largest absolute Gasteiger partial charge is 0.416 e. The third-order valence-electron chi connectivity index (χ3n) is 6.89. The molecule has 0 atom stereocenters. The molecule has 0 amide bonds. The van der Waals surface area contributed by atoms with Crippen LogP contribution < -0.4 is 0 Å². The van der Waals surface area contributed by atoms with Crippen molar-refractivity contribution in [2.24, 2.45) is 0 Å². The Morgan fingerprint density at radius 3 is 0.950 bits per heavy atom. The van der Waals surface area contributed by atoms with E-state index in [1.165, 1.54) is 0 Å². The van der Waals surface area contributed by atoms with Crippen LogP contribution in [0.15, 0.2) is 36.4 Å². The van der Waals surface area contributed by atoms with E-state index in [1.54, 1.807) is 0 Å². The van der Waals surface area contributed by atoms with Gasteiger partial charge in [0.2, 0.25) is 0 Å². The summed E-state index contributed by atoms with van der Waals surface area (Å²) in [4.78, 5) is 0. The highest BCUT2D eigenvalue weighted by atomic mass is 31.1. The van der Waals surface area contributed by atoms with E-state index in [9.17, 15) is 26.3 Å². The van der Waals surface area contributed by atoms with Crippen LogP contribution in [0.4, 0.5) is 26.3 Å². The lowest BCUT2D eigenvalue weighted by molar-refractivity contribution is -0.143. The number of alkyl halides is 6. The van der Waals surface area contributed by atoms with E-state index < -0.39 is 39.3 Å². The van der Waals surface area contributed by atoms with Crippen molar-refractivity contribution in [2.45, 2.75) is 128 Å². The van der Waals surface area contributed by atoms with Gasteiger partial charge in [-0.05, 0) is 73.4 Å². The fraction of sp³-hybridized carbons (Fsp3) is 0.625. The zero-order valence-corrected chi connectivity index (χ0v) is 27.8. The normalized spacial score (nSPS) is 14.4. The standard InChI is InChI=1S/C32H46F6P2/c1-27(2,3)39(28(4,5)6)19-21-13-22(20-40(29(7,8)9)30(10,11)12)15-23(14-21)24-16-25(31(33,34)35)18-26(17-24)32(36,37)38/h13-18H,19-20H2,1-12H3. The minimum Gasteiger partial charge on any atom is -0.166 e. The fourth-order valence-corrected chi connectivity index (χ4v) is 12.6. The Balaban J connectivity index is 2.85. The Morgan fingerprint density at radius 2 is 0.700 bits per heavy atom. The first-order chi connectivity index (χ1) is 17.6. The summed E-state index contributed by atoms with van der Waals surface area (Å²) in [7, 11) is -1.16. The first kappa shape index (κ1) is 35.1. The highest BCUT2D eigenvalue weighted by Gasteiger charge is 2.38. The van der Waals surface area contributed by atoms with E-state index in [1.807, 2.05) is 12.1 Å². The molecule has 0 spiro atoms. The number of halogens is 6. The third-order valence-corrected chi connectivity index (χ3v) is 14.7. The maximum absolute atomic E-state index is 13.7. The summed E-state index contributed by atoms with van der Waals surface area (Å²) in [5, 5.41) is 0.0272. The van der Waals surface area contributed by atoms with Crippen molar-refractivity contribution in [1.82, 2.24) is 0 Å². The molecule has 0 unspecified atom stereocenters. The van der Waals surface area contributed by atoms with Gasteiger partial charge in [0.25, 0.3) is 0 Å². The third kappa shape index (κ3) is 9.45. The van der Waals surface area contributed by atoms with Gasteiger partial charge in [0.1, 0.15) is 0 Å². The molecule has 226 valence electrons. The number of hydrogen-bond acceptors (Lipinski definition) is 0. The van der Waals surface area contributed by atoms with E-state index in [4.69, 9.17) is 0 Å². The van der Waals surface area contributed by atoms with E-state index in [0.29, 0.717) is 5.56 Å². The molecule has 0 aliphatic carbocycles. The van der Waals surface area contributed by atoms with Crippen molar-refractivity contribution in [3.05, 3.63) is 58.7 Å². The number of rotatable bonds is 5. The van der Waals surface area contributed by atoms with Gasteiger partial charge in [0.15, 0.2) is 0 Å². The lowest BCUT2D eigenvalue weighted by Crippen LogP contribution is -2.26. The molecule has 8 heteroatoms. The van der Waals surface area contributed by atoms with Crippen molar-refractivity contribution in [3.8, 4) is 11.1 Å². The molecular weight excluding hydrogens is 560 g/mol. The van der Waals surface area contributed by atoms with Crippen LogP contribution in [-0.4, -0.2) is 20.6 Å². The molecule has 2 aromatic carbocycles. The van der Waals surface area contributed by atoms with E-state index in [-0.39, 0.29) is 32.3 Å². The predicted molar refractivity (Wildman–Crippen MR) is 162 cm³/mol.